The number of amides is 1. The lowest BCUT2D eigenvalue weighted by Gasteiger charge is -2.09. The van der Waals surface area contributed by atoms with Crippen molar-refractivity contribution in [1.82, 2.24) is 30.3 Å². The zero-order valence-electron chi connectivity index (χ0n) is 15.6. The van der Waals surface area contributed by atoms with Crippen molar-refractivity contribution in [2.45, 2.75) is 26.3 Å². The van der Waals surface area contributed by atoms with E-state index in [0.29, 0.717) is 36.7 Å². The Balaban J connectivity index is 1.53. The maximum absolute atomic E-state index is 12.9. The maximum atomic E-state index is 12.9. The Hall–Kier alpha value is -3.43. The Morgan fingerprint density at radius 1 is 1.28 bits per heavy atom. The van der Waals surface area contributed by atoms with Gasteiger partial charge in [0.2, 0.25) is 5.91 Å². The lowest BCUT2D eigenvalue weighted by molar-refractivity contribution is -0.119. The van der Waals surface area contributed by atoms with Crippen molar-refractivity contribution in [3.8, 4) is 11.4 Å². The quantitative estimate of drug-likeness (QED) is 0.662. The SMILES string of the molecule is Cc1cc(Nc2cc(C(F)F)ccn2)nc(-c2cn(CC3CNC(=O)C3)nn2)c1. The fourth-order valence-electron chi connectivity index (χ4n) is 3.21. The van der Waals surface area contributed by atoms with Gasteiger partial charge in [-0.15, -0.1) is 5.10 Å². The highest BCUT2D eigenvalue weighted by Gasteiger charge is 2.22. The third-order valence-electron chi connectivity index (χ3n) is 4.57. The second-order valence-corrected chi connectivity index (χ2v) is 7.02. The zero-order chi connectivity index (χ0) is 20.4. The molecule has 8 nitrogen and oxygen atoms in total. The van der Waals surface area contributed by atoms with E-state index in [1.165, 1.54) is 18.3 Å². The number of anilines is 2. The highest BCUT2D eigenvalue weighted by Crippen LogP contribution is 2.24. The second kappa shape index (κ2) is 7.90. The Bertz CT molecular complexity index is 1040. The first-order chi connectivity index (χ1) is 14.0. The predicted molar refractivity (Wildman–Crippen MR) is 102 cm³/mol. The van der Waals surface area contributed by atoms with Crippen LogP contribution in [0.2, 0.25) is 0 Å². The average Bonchev–Trinajstić information content (AvgIpc) is 3.31. The van der Waals surface area contributed by atoms with E-state index in [1.54, 1.807) is 16.9 Å². The molecule has 0 aromatic carbocycles. The maximum Gasteiger partial charge on any atom is 0.264 e. The number of carbonyl (C=O) groups is 1. The molecule has 1 aliphatic rings. The summed E-state index contributed by atoms with van der Waals surface area (Å²) < 4.78 is 27.5. The molecule has 1 aliphatic heterocycles. The second-order valence-electron chi connectivity index (χ2n) is 7.02. The number of aromatic nitrogens is 5. The van der Waals surface area contributed by atoms with Crippen molar-refractivity contribution in [3.05, 3.63) is 47.8 Å². The van der Waals surface area contributed by atoms with Gasteiger partial charge in [-0.1, -0.05) is 5.21 Å². The molecule has 4 heterocycles. The summed E-state index contributed by atoms with van der Waals surface area (Å²) in [4.78, 5) is 19.9. The smallest absolute Gasteiger partial charge is 0.264 e. The van der Waals surface area contributed by atoms with Crippen molar-refractivity contribution < 1.29 is 13.6 Å². The Kier molecular flexibility index (Phi) is 5.15. The minimum absolute atomic E-state index is 0.0518. The number of halogens is 2. The minimum Gasteiger partial charge on any atom is -0.356 e. The van der Waals surface area contributed by atoms with Gasteiger partial charge in [-0.3, -0.25) is 9.48 Å². The Morgan fingerprint density at radius 2 is 2.14 bits per heavy atom. The average molecular weight is 399 g/mol. The summed E-state index contributed by atoms with van der Waals surface area (Å²) in [6, 6.07) is 6.22. The van der Waals surface area contributed by atoms with E-state index in [0.717, 1.165) is 5.56 Å². The van der Waals surface area contributed by atoms with Gasteiger partial charge in [-0.25, -0.2) is 18.7 Å². The molecule has 1 fully saturated rings. The van der Waals surface area contributed by atoms with Gasteiger partial charge in [0.05, 0.1) is 11.9 Å². The van der Waals surface area contributed by atoms with Crippen LogP contribution in [0.1, 0.15) is 24.0 Å². The van der Waals surface area contributed by atoms with Crippen LogP contribution < -0.4 is 10.6 Å². The number of hydrogen-bond donors (Lipinski definition) is 2. The molecule has 10 heteroatoms. The van der Waals surface area contributed by atoms with Gasteiger partial charge in [0.1, 0.15) is 17.3 Å². The fraction of sp³-hybridized carbons (Fsp3) is 0.316. The molecule has 1 amide bonds. The number of nitrogens with one attached hydrogen (secondary N) is 2. The number of pyridine rings is 2. The summed E-state index contributed by atoms with van der Waals surface area (Å²) in [5, 5.41) is 14.1. The van der Waals surface area contributed by atoms with E-state index in [1.807, 2.05) is 13.0 Å². The normalized spacial score (nSPS) is 16.3. The molecule has 1 unspecified atom stereocenters. The van der Waals surface area contributed by atoms with Gasteiger partial charge >= 0.3 is 0 Å². The van der Waals surface area contributed by atoms with Gasteiger partial charge in [0.25, 0.3) is 6.43 Å². The lowest BCUT2D eigenvalue weighted by atomic mass is 10.1. The fourth-order valence-corrected chi connectivity index (χ4v) is 3.21. The van der Waals surface area contributed by atoms with Gasteiger partial charge in [-0.05, 0) is 36.8 Å². The van der Waals surface area contributed by atoms with E-state index in [9.17, 15) is 13.6 Å². The van der Waals surface area contributed by atoms with Crippen LogP contribution in [0.15, 0.2) is 36.7 Å². The molecule has 2 N–H and O–H groups in total. The number of aryl methyl sites for hydroxylation is 1. The van der Waals surface area contributed by atoms with Gasteiger partial charge < -0.3 is 10.6 Å². The molecule has 1 atom stereocenters. The molecule has 0 bridgehead atoms. The molecule has 0 spiro atoms. The number of hydrogen-bond acceptors (Lipinski definition) is 6. The highest BCUT2D eigenvalue weighted by molar-refractivity contribution is 5.78. The van der Waals surface area contributed by atoms with E-state index in [4.69, 9.17) is 0 Å². The first-order valence-electron chi connectivity index (χ1n) is 9.13. The molecular weight excluding hydrogens is 380 g/mol. The summed E-state index contributed by atoms with van der Waals surface area (Å²) in [6.45, 7) is 3.13. The summed E-state index contributed by atoms with van der Waals surface area (Å²) in [5.41, 5.74) is 1.99. The number of alkyl halides is 2. The van der Waals surface area contributed by atoms with Gasteiger partial charge in [0.15, 0.2) is 0 Å². The van der Waals surface area contributed by atoms with Crippen LogP contribution in [0.3, 0.4) is 0 Å². The van der Waals surface area contributed by atoms with E-state index in [2.05, 4.69) is 30.9 Å². The molecule has 150 valence electrons. The van der Waals surface area contributed by atoms with E-state index >= 15 is 0 Å². The van der Waals surface area contributed by atoms with Crippen LogP contribution in [0.25, 0.3) is 11.4 Å². The molecule has 0 radical (unpaired) electrons. The summed E-state index contributed by atoms with van der Waals surface area (Å²) in [7, 11) is 0. The number of carbonyl (C=O) groups excluding carboxylic acids is 1. The van der Waals surface area contributed by atoms with Crippen molar-refractivity contribution in [2.75, 3.05) is 11.9 Å². The molecule has 0 saturated carbocycles. The van der Waals surface area contributed by atoms with Crippen LogP contribution >= 0.6 is 0 Å². The van der Waals surface area contributed by atoms with Crippen molar-refractivity contribution in [3.63, 3.8) is 0 Å². The molecule has 29 heavy (non-hydrogen) atoms. The Labute approximate surface area is 165 Å². The highest BCUT2D eigenvalue weighted by atomic mass is 19.3. The van der Waals surface area contributed by atoms with Crippen LogP contribution in [0.4, 0.5) is 20.4 Å². The first kappa shape index (κ1) is 18.9. The number of nitrogens with zero attached hydrogens (tertiary/aromatic N) is 5. The summed E-state index contributed by atoms with van der Waals surface area (Å²) in [6.07, 6.45) is 1.02. The molecule has 4 rings (SSSR count). The van der Waals surface area contributed by atoms with Gasteiger partial charge in [0, 0.05) is 37.2 Å². The summed E-state index contributed by atoms with van der Waals surface area (Å²) >= 11 is 0. The van der Waals surface area contributed by atoms with Crippen LogP contribution in [0, 0.1) is 12.8 Å². The third-order valence-corrected chi connectivity index (χ3v) is 4.57. The molecule has 1 saturated heterocycles. The van der Waals surface area contributed by atoms with E-state index < -0.39 is 6.43 Å². The first-order valence-corrected chi connectivity index (χ1v) is 9.13. The minimum atomic E-state index is -2.57. The van der Waals surface area contributed by atoms with Crippen LogP contribution in [-0.2, 0) is 11.3 Å². The largest absolute Gasteiger partial charge is 0.356 e. The third kappa shape index (κ3) is 4.53. The van der Waals surface area contributed by atoms with Crippen molar-refractivity contribution >= 4 is 17.5 Å². The summed E-state index contributed by atoms with van der Waals surface area (Å²) in [5.74, 6) is 0.997. The molecule has 3 aromatic heterocycles. The van der Waals surface area contributed by atoms with E-state index in [-0.39, 0.29) is 23.2 Å². The standard InChI is InChI=1S/C19H19F2N7O/c1-11-4-14(15-10-28(27-26-15)9-12-6-18(29)23-8-12)24-17(5-11)25-16-7-13(19(20)21)2-3-22-16/h2-5,7,10,12,19H,6,8-9H2,1H3,(H,23,29)(H,22,24,25). The van der Waals surface area contributed by atoms with Crippen molar-refractivity contribution in [1.29, 1.82) is 0 Å². The van der Waals surface area contributed by atoms with Crippen LogP contribution in [-0.4, -0.2) is 37.4 Å². The number of rotatable bonds is 6. The van der Waals surface area contributed by atoms with Crippen LogP contribution in [0.5, 0.6) is 0 Å². The topological polar surface area (TPSA) is 97.6 Å². The Morgan fingerprint density at radius 3 is 2.90 bits per heavy atom. The molecular formula is C19H19F2N7O. The predicted octanol–water partition coefficient (Wildman–Crippen LogP) is 2.86. The molecule has 0 aliphatic carbocycles. The van der Waals surface area contributed by atoms with Crippen molar-refractivity contribution in [2.24, 2.45) is 5.92 Å². The molecule has 3 aromatic rings. The lowest BCUT2D eigenvalue weighted by Crippen LogP contribution is -2.16. The van der Waals surface area contributed by atoms with Gasteiger partial charge in [-0.2, -0.15) is 0 Å². The monoisotopic (exact) mass is 399 g/mol. The zero-order valence-corrected chi connectivity index (χ0v) is 15.6.